The van der Waals surface area contributed by atoms with Gasteiger partial charge >= 0.3 is 5.97 Å². The molecule has 3 aromatic rings. The molecule has 0 fully saturated rings. The maximum atomic E-state index is 14.9. The second-order valence-corrected chi connectivity index (χ2v) is 9.60. The zero-order valence-corrected chi connectivity index (χ0v) is 20.0. The molecule has 2 heterocycles. The maximum Gasteiger partial charge on any atom is 0.317 e. The van der Waals surface area contributed by atoms with Crippen LogP contribution in [0.15, 0.2) is 83.4 Å². The number of thiophene rings is 1. The van der Waals surface area contributed by atoms with E-state index in [1.807, 2.05) is 47.8 Å². The number of nitrogens with zero attached hydrogens (tertiary/aromatic N) is 1. The van der Waals surface area contributed by atoms with E-state index in [9.17, 15) is 18.8 Å². The standard InChI is InChI=1S/C28H24FNO4S/c1-2-34-28(33)26-20(23-13-8-14-35-23)15-22-25(27(26)32)19(18-11-6-7-12-21(18)29)16-24(31)30(22)17-9-4-3-5-10-17/h3-14,19-20,26H,2,15-16H2,1H3. The lowest BCUT2D eigenvalue weighted by Crippen LogP contribution is -2.46. The Kier molecular flexibility index (Phi) is 6.34. The van der Waals surface area contributed by atoms with E-state index in [0.717, 1.165) is 4.88 Å². The zero-order chi connectivity index (χ0) is 24.5. The van der Waals surface area contributed by atoms with E-state index in [4.69, 9.17) is 4.74 Å². The lowest BCUT2D eigenvalue weighted by Gasteiger charge is -2.42. The van der Waals surface area contributed by atoms with E-state index >= 15 is 0 Å². The van der Waals surface area contributed by atoms with E-state index in [1.165, 1.54) is 17.4 Å². The summed E-state index contributed by atoms with van der Waals surface area (Å²) in [4.78, 5) is 43.2. The second kappa shape index (κ2) is 9.58. The van der Waals surface area contributed by atoms with Gasteiger partial charge < -0.3 is 4.74 Å². The van der Waals surface area contributed by atoms with Crippen LogP contribution in [0.25, 0.3) is 0 Å². The average Bonchev–Trinajstić information content (AvgIpc) is 3.39. The summed E-state index contributed by atoms with van der Waals surface area (Å²) in [6, 6.07) is 19.1. The van der Waals surface area contributed by atoms with Crippen molar-refractivity contribution in [3.05, 3.63) is 99.6 Å². The van der Waals surface area contributed by atoms with Gasteiger partial charge in [0, 0.05) is 40.1 Å². The molecule has 0 spiro atoms. The molecule has 178 valence electrons. The van der Waals surface area contributed by atoms with Crippen LogP contribution in [0.5, 0.6) is 0 Å². The number of carbonyl (C=O) groups is 3. The van der Waals surface area contributed by atoms with E-state index in [1.54, 1.807) is 30.0 Å². The number of anilines is 1. The van der Waals surface area contributed by atoms with Crippen molar-refractivity contribution >= 4 is 34.7 Å². The molecule has 1 aromatic heterocycles. The Morgan fingerprint density at radius 3 is 2.46 bits per heavy atom. The van der Waals surface area contributed by atoms with Crippen molar-refractivity contribution in [2.75, 3.05) is 11.5 Å². The van der Waals surface area contributed by atoms with Crippen LogP contribution in [0.1, 0.15) is 42.0 Å². The van der Waals surface area contributed by atoms with Gasteiger partial charge in [0.05, 0.1) is 6.61 Å². The molecule has 3 atom stereocenters. The number of Topliss-reactive ketones (excluding diaryl/α,β-unsaturated/α-hetero) is 1. The Hall–Kier alpha value is -3.58. The van der Waals surface area contributed by atoms with Gasteiger partial charge in [-0.2, -0.15) is 0 Å². The quantitative estimate of drug-likeness (QED) is 0.346. The summed E-state index contributed by atoms with van der Waals surface area (Å²) >= 11 is 1.46. The van der Waals surface area contributed by atoms with Crippen LogP contribution in [0.4, 0.5) is 10.1 Å². The highest BCUT2D eigenvalue weighted by Gasteiger charge is 2.50. The Balaban J connectivity index is 1.73. The number of amides is 1. The van der Waals surface area contributed by atoms with Crippen molar-refractivity contribution in [1.29, 1.82) is 0 Å². The molecule has 2 aromatic carbocycles. The molecule has 2 aliphatic rings. The summed E-state index contributed by atoms with van der Waals surface area (Å²) in [5.74, 6) is -3.97. The summed E-state index contributed by atoms with van der Waals surface area (Å²) in [7, 11) is 0. The molecular weight excluding hydrogens is 465 g/mol. The summed E-state index contributed by atoms with van der Waals surface area (Å²) in [6.07, 6.45) is 0.219. The topological polar surface area (TPSA) is 63.7 Å². The SMILES string of the molecule is CCOC(=O)C1C(=O)C2=C(CC1c1cccs1)N(c1ccccc1)C(=O)CC2c1ccccc1F. The predicted octanol–water partition coefficient (Wildman–Crippen LogP) is 5.60. The molecule has 5 rings (SSSR count). The molecule has 0 bridgehead atoms. The lowest BCUT2D eigenvalue weighted by molar-refractivity contribution is -0.152. The molecule has 35 heavy (non-hydrogen) atoms. The minimum absolute atomic E-state index is 0.0698. The summed E-state index contributed by atoms with van der Waals surface area (Å²) in [5, 5.41) is 1.90. The van der Waals surface area contributed by atoms with Gasteiger partial charge in [-0.25, -0.2) is 4.39 Å². The van der Waals surface area contributed by atoms with Gasteiger partial charge in [0.15, 0.2) is 5.78 Å². The number of rotatable bonds is 5. The number of esters is 1. The highest BCUT2D eigenvalue weighted by Crippen LogP contribution is 2.50. The number of halogens is 1. The van der Waals surface area contributed by atoms with Gasteiger partial charge in [-0.1, -0.05) is 42.5 Å². The van der Waals surface area contributed by atoms with E-state index in [-0.39, 0.29) is 30.9 Å². The van der Waals surface area contributed by atoms with Crippen LogP contribution < -0.4 is 4.90 Å². The molecule has 5 nitrogen and oxygen atoms in total. The highest BCUT2D eigenvalue weighted by atomic mass is 32.1. The molecule has 0 saturated heterocycles. The van der Waals surface area contributed by atoms with Crippen molar-refractivity contribution in [3.8, 4) is 0 Å². The van der Waals surface area contributed by atoms with Crippen LogP contribution in [-0.4, -0.2) is 24.3 Å². The fourth-order valence-corrected chi connectivity index (χ4v) is 6.07. The third-order valence-electron chi connectivity index (χ3n) is 6.67. The fourth-order valence-electron chi connectivity index (χ4n) is 5.20. The van der Waals surface area contributed by atoms with E-state index < -0.39 is 35.3 Å². The number of benzene rings is 2. The zero-order valence-electron chi connectivity index (χ0n) is 19.1. The second-order valence-electron chi connectivity index (χ2n) is 8.62. The number of para-hydroxylation sites is 1. The smallest absolute Gasteiger partial charge is 0.317 e. The third kappa shape index (κ3) is 4.10. The summed E-state index contributed by atoms with van der Waals surface area (Å²) in [5.41, 5.74) is 1.78. The van der Waals surface area contributed by atoms with Crippen LogP contribution in [0, 0.1) is 11.7 Å². The maximum absolute atomic E-state index is 14.9. The Bertz CT molecular complexity index is 1300. The molecule has 3 unspecified atom stereocenters. The molecule has 1 amide bonds. The van der Waals surface area contributed by atoms with Crippen molar-refractivity contribution in [3.63, 3.8) is 0 Å². The Labute approximate surface area is 206 Å². The largest absolute Gasteiger partial charge is 0.465 e. The summed E-state index contributed by atoms with van der Waals surface area (Å²) < 4.78 is 20.3. The number of ketones is 1. The molecule has 1 aliphatic carbocycles. The monoisotopic (exact) mass is 489 g/mol. The van der Waals surface area contributed by atoms with Gasteiger partial charge in [-0.3, -0.25) is 19.3 Å². The number of ether oxygens (including phenoxy) is 1. The minimum Gasteiger partial charge on any atom is -0.465 e. The molecule has 1 aliphatic heterocycles. The van der Waals surface area contributed by atoms with Gasteiger partial charge in [-0.05, 0) is 48.6 Å². The van der Waals surface area contributed by atoms with Gasteiger partial charge in [-0.15, -0.1) is 11.3 Å². The fraction of sp³-hybridized carbons (Fsp3) is 0.250. The first kappa shape index (κ1) is 23.2. The number of allylic oxidation sites excluding steroid dienone is 2. The Morgan fingerprint density at radius 2 is 1.77 bits per heavy atom. The van der Waals surface area contributed by atoms with Gasteiger partial charge in [0.1, 0.15) is 11.7 Å². The number of hydrogen-bond donors (Lipinski definition) is 0. The first-order valence-electron chi connectivity index (χ1n) is 11.6. The van der Waals surface area contributed by atoms with Gasteiger partial charge in [0.25, 0.3) is 0 Å². The van der Waals surface area contributed by atoms with Crippen LogP contribution >= 0.6 is 11.3 Å². The number of hydrogen-bond acceptors (Lipinski definition) is 5. The lowest BCUT2D eigenvalue weighted by atomic mass is 9.69. The van der Waals surface area contributed by atoms with E-state index in [0.29, 0.717) is 17.0 Å². The molecule has 0 N–H and O–H groups in total. The van der Waals surface area contributed by atoms with E-state index in [2.05, 4.69) is 0 Å². The molecule has 0 radical (unpaired) electrons. The molecule has 7 heteroatoms. The minimum atomic E-state index is -1.05. The Morgan fingerprint density at radius 1 is 1.03 bits per heavy atom. The molecule has 0 saturated carbocycles. The first-order valence-corrected chi connectivity index (χ1v) is 12.5. The van der Waals surface area contributed by atoms with Crippen molar-refractivity contribution < 1.29 is 23.5 Å². The first-order chi connectivity index (χ1) is 17.0. The van der Waals surface area contributed by atoms with Crippen molar-refractivity contribution in [1.82, 2.24) is 0 Å². The highest BCUT2D eigenvalue weighted by molar-refractivity contribution is 7.10. The molecular formula is C28H24FNO4S. The normalized spacial score (nSPS) is 22.2. The predicted molar refractivity (Wildman–Crippen MR) is 132 cm³/mol. The van der Waals surface area contributed by atoms with Crippen LogP contribution in [-0.2, 0) is 19.1 Å². The van der Waals surface area contributed by atoms with Crippen molar-refractivity contribution in [2.24, 2.45) is 5.92 Å². The summed E-state index contributed by atoms with van der Waals surface area (Å²) in [6.45, 7) is 1.85. The third-order valence-corrected chi connectivity index (χ3v) is 7.67. The number of carbonyl (C=O) groups excluding carboxylic acids is 3. The van der Waals surface area contributed by atoms with Crippen LogP contribution in [0.2, 0.25) is 0 Å². The average molecular weight is 490 g/mol. The van der Waals surface area contributed by atoms with Crippen LogP contribution in [0.3, 0.4) is 0 Å². The van der Waals surface area contributed by atoms with Crippen molar-refractivity contribution in [2.45, 2.75) is 31.6 Å². The van der Waals surface area contributed by atoms with Gasteiger partial charge in [0.2, 0.25) is 5.91 Å².